The number of aromatic nitrogens is 2. The molecule has 0 saturated carbocycles. The number of methoxy groups -OCH3 is 1. The summed E-state index contributed by atoms with van der Waals surface area (Å²) in [7, 11) is 1.60. The molecule has 2 aromatic rings. The van der Waals surface area contributed by atoms with Gasteiger partial charge in [-0.3, -0.25) is 9.69 Å². The highest BCUT2D eigenvalue weighted by Gasteiger charge is 2.55. The lowest BCUT2D eigenvalue weighted by Crippen LogP contribution is -2.60. The number of carbonyl (C=O) groups excluding carboxylic acids is 1. The van der Waals surface area contributed by atoms with E-state index in [2.05, 4.69) is 9.97 Å². The third-order valence-electron chi connectivity index (χ3n) is 6.06. The molecule has 2 fully saturated rings. The number of aryl methyl sites for hydroxylation is 1. The Labute approximate surface area is 175 Å². The average molecular weight is 418 g/mol. The van der Waals surface area contributed by atoms with Crippen LogP contribution in [0.2, 0.25) is 0 Å². The molecular weight excluding hydrogens is 390 g/mol. The molecule has 0 bridgehead atoms. The first-order valence-corrected chi connectivity index (χ1v) is 10.3. The summed E-state index contributed by atoms with van der Waals surface area (Å²) in [6.45, 7) is 3.16. The molecule has 162 valence electrons. The van der Waals surface area contributed by atoms with Gasteiger partial charge in [-0.05, 0) is 37.5 Å². The molecule has 6 nitrogen and oxygen atoms in total. The average Bonchev–Trinajstić information content (AvgIpc) is 3.09. The summed E-state index contributed by atoms with van der Waals surface area (Å²) >= 11 is 0. The van der Waals surface area contributed by atoms with Crippen molar-refractivity contribution in [1.29, 1.82) is 0 Å². The van der Waals surface area contributed by atoms with E-state index in [1.807, 2.05) is 31.2 Å². The zero-order chi connectivity index (χ0) is 21.4. The molecule has 1 spiro atoms. The Kier molecular flexibility index (Phi) is 5.53. The van der Waals surface area contributed by atoms with Crippen LogP contribution in [0, 0.1) is 12.3 Å². The maximum Gasteiger partial charge on any atom is 0.261 e. The number of imidazole rings is 1. The molecule has 30 heavy (non-hydrogen) atoms. The van der Waals surface area contributed by atoms with E-state index in [1.165, 1.54) is 0 Å². The van der Waals surface area contributed by atoms with Crippen molar-refractivity contribution >= 4 is 5.91 Å². The molecule has 0 unspecified atom stereocenters. The second kappa shape index (κ2) is 7.98. The number of rotatable bonds is 5. The van der Waals surface area contributed by atoms with Crippen LogP contribution in [0.15, 0.2) is 30.5 Å². The predicted octanol–water partition coefficient (Wildman–Crippen LogP) is 3.38. The number of piperidine rings is 2. The predicted molar refractivity (Wildman–Crippen MR) is 108 cm³/mol. The van der Waals surface area contributed by atoms with Gasteiger partial charge >= 0.3 is 0 Å². The first-order chi connectivity index (χ1) is 14.3. The largest absolute Gasteiger partial charge is 0.497 e. The third-order valence-corrected chi connectivity index (χ3v) is 6.06. The number of aromatic amines is 1. The van der Waals surface area contributed by atoms with Gasteiger partial charge in [0.1, 0.15) is 11.6 Å². The summed E-state index contributed by atoms with van der Waals surface area (Å²) in [5.74, 6) is -1.59. The second-order valence-corrected chi connectivity index (χ2v) is 8.63. The lowest BCUT2D eigenvalue weighted by Gasteiger charge is -2.49. The number of H-pyrrole nitrogens is 1. The van der Waals surface area contributed by atoms with Crippen LogP contribution in [-0.2, 0) is 17.9 Å². The lowest BCUT2D eigenvalue weighted by molar-refractivity contribution is -0.170. The number of carbonyl (C=O) groups is 1. The summed E-state index contributed by atoms with van der Waals surface area (Å²) < 4.78 is 34.8. The molecule has 8 heteroatoms. The molecule has 0 radical (unpaired) electrons. The topological polar surface area (TPSA) is 61.5 Å². The van der Waals surface area contributed by atoms with Crippen LogP contribution in [0.3, 0.4) is 0 Å². The van der Waals surface area contributed by atoms with Crippen LogP contribution in [0.1, 0.15) is 36.3 Å². The van der Waals surface area contributed by atoms with E-state index < -0.39 is 11.3 Å². The van der Waals surface area contributed by atoms with E-state index in [9.17, 15) is 13.6 Å². The van der Waals surface area contributed by atoms with Gasteiger partial charge in [0.05, 0.1) is 19.1 Å². The maximum atomic E-state index is 14.8. The van der Waals surface area contributed by atoms with Crippen molar-refractivity contribution < 1.29 is 18.3 Å². The minimum absolute atomic E-state index is 0.165. The van der Waals surface area contributed by atoms with Gasteiger partial charge in [-0.15, -0.1) is 0 Å². The highest BCUT2D eigenvalue weighted by atomic mass is 19.3. The molecule has 1 aromatic carbocycles. The van der Waals surface area contributed by atoms with E-state index >= 15 is 0 Å². The van der Waals surface area contributed by atoms with E-state index in [1.54, 1.807) is 23.1 Å². The van der Waals surface area contributed by atoms with Gasteiger partial charge in [-0.1, -0.05) is 12.1 Å². The quantitative estimate of drug-likeness (QED) is 0.809. The van der Waals surface area contributed by atoms with Crippen molar-refractivity contribution in [3.63, 3.8) is 0 Å². The first-order valence-electron chi connectivity index (χ1n) is 10.3. The molecule has 0 aliphatic carbocycles. The van der Waals surface area contributed by atoms with Gasteiger partial charge in [-0.2, -0.15) is 0 Å². The summed E-state index contributed by atoms with van der Waals surface area (Å²) in [6.07, 6.45) is 2.51. The molecular formula is C22H28F2N4O2. The van der Waals surface area contributed by atoms with Crippen molar-refractivity contribution in [3.05, 3.63) is 47.5 Å². The van der Waals surface area contributed by atoms with Gasteiger partial charge in [0.15, 0.2) is 0 Å². The Bertz CT molecular complexity index is 916. The number of hydrogen-bond donors (Lipinski definition) is 1. The zero-order valence-corrected chi connectivity index (χ0v) is 17.5. The fourth-order valence-electron chi connectivity index (χ4n) is 4.93. The lowest BCUT2D eigenvalue weighted by atomic mass is 9.71. The van der Waals surface area contributed by atoms with Gasteiger partial charge in [0, 0.05) is 44.5 Å². The second-order valence-electron chi connectivity index (χ2n) is 8.63. The molecule has 1 N–H and O–H groups in total. The number of halogens is 2. The van der Waals surface area contributed by atoms with Crippen molar-refractivity contribution in [2.45, 2.75) is 45.2 Å². The summed E-state index contributed by atoms with van der Waals surface area (Å²) in [5.41, 5.74) is 0.678. The van der Waals surface area contributed by atoms with Crippen molar-refractivity contribution in [1.82, 2.24) is 19.8 Å². The van der Waals surface area contributed by atoms with Crippen LogP contribution < -0.4 is 4.74 Å². The summed E-state index contributed by atoms with van der Waals surface area (Å²) in [5, 5.41) is 0. The Hall–Kier alpha value is -2.48. The van der Waals surface area contributed by atoms with Crippen LogP contribution >= 0.6 is 0 Å². The fourth-order valence-corrected chi connectivity index (χ4v) is 4.93. The minimum Gasteiger partial charge on any atom is -0.497 e. The van der Waals surface area contributed by atoms with Crippen LogP contribution in [0.4, 0.5) is 8.78 Å². The number of likely N-dealkylation sites (tertiary alicyclic amines) is 2. The number of ether oxygens (including phenoxy) is 1. The molecule has 2 aliphatic heterocycles. The maximum absolute atomic E-state index is 14.8. The highest BCUT2D eigenvalue weighted by Crippen LogP contribution is 2.45. The van der Waals surface area contributed by atoms with Crippen molar-refractivity contribution in [3.8, 4) is 5.75 Å². The number of benzene rings is 1. The number of hydrogen-bond acceptors (Lipinski definition) is 4. The number of alkyl halides is 2. The van der Waals surface area contributed by atoms with Gasteiger partial charge in [-0.25, -0.2) is 13.8 Å². The third kappa shape index (κ3) is 4.33. The fraction of sp³-hybridized carbons (Fsp3) is 0.545. The van der Waals surface area contributed by atoms with Crippen LogP contribution in [0.25, 0.3) is 0 Å². The zero-order valence-electron chi connectivity index (χ0n) is 17.5. The van der Waals surface area contributed by atoms with Gasteiger partial charge in [0.25, 0.3) is 5.92 Å². The van der Waals surface area contributed by atoms with E-state index in [-0.39, 0.29) is 18.9 Å². The van der Waals surface area contributed by atoms with Crippen molar-refractivity contribution in [2.24, 2.45) is 5.41 Å². The standard InChI is InChI=1S/C22H28F2N4O2/c1-16-25-10-18(26-16)12-27-14-21(13-22(23,24)15-27)7-4-8-28(20(21)29)11-17-5-3-6-19(9-17)30-2/h3,5-6,9-10H,4,7-8,11-15H2,1-2H3,(H,25,26)/t21-/m0/s1. The normalized spacial score (nSPS) is 24.4. The SMILES string of the molecule is COc1cccc(CN2CCC[C@]3(CN(Cc4cnc(C)[nH]4)CC(F)(F)C3)C2=O)c1. The molecule has 1 amide bonds. The van der Waals surface area contributed by atoms with E-state index in [0.29, 0.717) is 32.6 Å². The Morgan fingerprint density at radius 2 is 2.10 bits per heavy atom. The Morgan fingerprint density at radius 1 is 1.27 bits per heavy atom. The van der Waals surface area contributed by atoms with Crippen LogP contribution in [0.5, 0.6) is 5.75 Å². The van der Waals surface area contributed by atoms with Gasteiger partial charge < -0.3 is 14.6 Å². The van der Waals surface area contributed by atoms with E-state index in [0.717, 1.165) is 29.3 Å². The number of nitrogens with zero attached hydrogens (tertiary/aromatic N) is 3. The first kappa shape index (κ1) is 20.8. The molecule has 1 atom stereocenters. The highest BCUT2D eigenvalue weighted by molar-refractivity contribution is 5.84. The monoisotopic (exact) mass is 418 g/mol. The molecule has 2 aliphatic rings. The molecule has 1 aromatic heterocycles. The molecule has 4 rings (SSSR count). The van der Waals surface area contributed by atoms with Crippen molar-refractivity contribution in [2.75, 3.05) is 26.7 Å². The van der Waals surface area contributed by atoms with E-state index in [4.69, 9.17) is 4.74 Å². The Balaban J connectivity index is 1.53. The van der Waals surface area contributed by atoms with Crippen LogP contribution in [-0.4, -0.2) is 58.3 Å². The smallest absolute Gasteiger partial charge is 0.261 e. The summed E-state index contributed by atoms with van der Waals surface area (Å²) in [4.78, 5) is 24.2. The molecule has 2 saturated heterocycles. The number of amides is 1. The van der Waals surface area contributed by atoms with Gasteiger partial charge in [0.2, 0.25) is 5.91 Å². The minimum atomic E-state index is -2.90. The molecule has 3 heterocycles. The summed E-state index contributed by atoms with van der Waals surface area (Å²) in [6, 6.07) is 7.54. The number of nitrogens with one attached hydrogen (secondary N) is 1. The Morgan fingerprint density at radius 3 is 2.83 bits per heavy atom.